The first-order chi connectivity index (χ1) is 15.7. The van der Waals surface area contributed by atoms with E-state index >= 15 is 0 Å². The smallest absolute Gasteiger partial charge is 0.227 e. The van der Waals surface area contributed by atoms with E-state index < -0.39 is 0 Å². The highest BCUT2D eigenvalue weighted by molar-refractivity contribution is 5.95. The summed E-state index contributed by atoms with van der Waals surface area (Å²) >= 11 is 0. The van der Waals surface area contributed by atoms with E-state index in [1.807, 2.05) is 24.3 Å². The Labute approximate surface area is 186 Å². The van der Waals surface area contributed by atoms with Crippen LogP contribution in [0.5, 0.6) is 0 Å². The molecule has 1 amide bonds. The summed E-state index contributed by atoms with van der Waals surface area (Å²) in [4.78, 5) is 25.4. The topological polar surface area (TPSA) is 113 Å². The van der Waals surface area contributed by atoms with Gasteiger partial charge in [-0.15, -0.1) is 0 Å². The normalized spacial score (nSPS) is 12.8. The van der Waals surface area contributed by atoms with Crippen molar-refractivity contribution in [3.63, 3.8) is 0 Å². The van der Waals surface area contributed by atoms with Gasteiger partial charge in [0.2, 0.25) is 5.91 Å². The molecule has 3 aromatic rings. The van der Waals surface area contributed by atoms with Crippen LogP contribution >= 0.6 is 0 Å². The summed E-state index contributed by atoms with van der Waals surface area (Å²) < 4.78 is 5.05. The Hall–Kier alpha value is -3.83. The van der Waals surface area contributed by atoms with Crippen molar-refractivity contribution in [2.45, 2.75) is 19.3 Å². The third kappa shape index (κ3) is 5.45. The van der Waals surface area contributed by atoms with Gasteiger partial charge in [-0.1, -0.05) is 6.07 Å². The average Bonchev–Trinajstić information content (AvgIpc) is 3.66. The van der Waals surface area contributed by atoms with Crippen LogP contribution in [0.4, 0.5) is 11.5 Å². The number of carbonyl (C=O) groups is 1. The third-order valence-electron chi connectivity index (χ3n) is 5.15. The Morgan fingerprint density at radius 3 is 2.81 bits per heavy atom. The molecule has 0 saturated heterocycles. The minimum Gasteiger partial charge on any atom is -0.383 e. The van der Waals surface area contributed by atoms with Gasteiger partial charge in [-0.25, -0.2) is 15.0 Å². The molecule has 0 bridgehead atoms. The summed E-state index contributed by atoms with van der Waals surface area (Å²) in [6.07, 6.45) is 5.85. The number of nitrogens with zero attached hydrogens (tertiary/aromatic N) is 4. The lowest BCUT2D eigenvalue weighted by atomic mass is 10.1. The number of aromatic nitrogens is 3. The largest absolute Gasteiger partial charge is 0.383 e. The Balaban J connectivity index is 1.50. The van der Waals surface area contributed by atoms with Crippen LogP contribution in [0.2, 0.25) is 0 Å². The van der Waals surface area contributed by atoms with Gasteiger partial charge in [0.1, 0.15) is 17.7 Å². The van der Waals surface area contributed by atoms with Gasteiger partial charge in [-0.05, 0) is 48.7 Å². The number of benzene rings is 1. The molecule has 8 heteroatoms. The first-order valence-electron chi connectivity index (χ1n) is 10.5. The van der Waals surface area contributed by atoms with Gasteiger partial charge in [0.15, 0.2) is 0 Å². The van der Waals surface area contributed by atoms with Gasteiger partial charge in [-0.3, -0.25) is 4.79 Å². The van der Waals surface area contributed by atoms with E-state index in [1.165, 1.54) is 0 Å². The van der Waals surface area contributed by atoms with Crippen molar-refractivity contribution in [3.8, 4) is 17.3 Å². The molecule has 4 rings (SSSR count). The SMILES string of the molecule is COCCNc1cc(Cc2nccc(-c3ccc(NC(=O)C4CC4)c(C#N)c3)n2)ccn1. The van der Waals surface area contributed by atoms with Crippen LogP contribution in [0.25, 0.3) is 11.3 Å². The third-order valence-corrected chi connectivity index (χ3v) is 5.15. The molecule has 1 aliphatic carbocycles. The zero-order chi connectivity index (χ0) is 22.3. The number of ether oxygens (including phenoxy) is 1. The van der Waals surface area contributed by atoms with Gasteiger partial charge in [0.25, 0.3) is 0 Å². The Bertz CT molecular complexity index is 1150. The number of hydrogen-bond donors (Lipinski definition) is 2. The van der Waals surface area contributed by atoms with E-state index in [0.29, 0.717) is 36.6 Å². The minimum atomic E-state index is -0.0213. The lowest BCUT2D eigenvalue weighted by molar-refractivity contribution is -0.117. The number of nitrogens with one attached hydrogen (secondary N) is 2. The van der Waals surface area contributed by atoms with Crippen molar-refractivity contribution in [2.24, 2.45) is 5.92 Å². The molecule has 1 aromatic carbocycles. The molecule has 0 radical (unpaired) electrons. The fraction of sp³-hybridized carbons (Fsp3) is 0.292. The van der Waals surface area contributed by atoms with E-state index in [0.717, 1.165) is 35.5 Å². The van der Waals surface area contributed by atoms with E-state index in [-0.39, 0.29) is 11.8 Å². The molecule has 1 saturated carbocycles. The van der Waals surface area contributed by atoms with Crippen molar-refractivity contribution in [1.82, 2.24) is 15.0 Å². The van der Waals surface area contributed by atoms with Crippen molar-refractivity contribution in [3.05, 3.63) is 65.7 Å². The molecule has 32 heavy (non-hydrogen) atoms. The van der Waals surface area contributed by atoms with Crippen LogP contribution < -0.4 is 10.6 Å². The number of nitriles is 1. The second-order valence-corrected chi connectivity index (χ2v) is 7.64. The molecule has 2 aromatic heterocycles. The number of anilines is 2. The van der Waals surface area contributed by atoms with E-state index in [4.69, 9.17) is 4.74 Å². The van der Waals surface area contributed by atoms with Gasteiger partial charge < -0.3 is 15.4 Å². The van der Waals surface area contributed by atoms with Gasteiger partial charge in [-0.2, -0.15) is 5.26 Å². The summed E-state index contributed by atoms with van der Waals surface area (Å²) in [5, 5.41) is 15.6. The molecular weight excluding hydrogens is 404 g/mol. The zero-order valence-electron chi connectivity index (χ0n) is 17.8. The molecule has 8 nitrogen and oxygen atoms in total. The van der Waals surface area contributed by atoms with Crippen molar-refractivity contribution in [1.29, 1.82) is 5.26 Å². The summed E-state index contributed by atoms with van der Waals surface area (Å²) in [5.74, 6) is 1.50. The number of amides is 1. The molecule has 2 heterocycles. The fourth-order valence-electron chi connectivity index (χ4n) is 3.28. The molecule has 1 fully saturated rings. The molecule has 162 valence electrons. The van der Waals surface area contributed by atoms with Crippen LogP contribution in [-0.2, 0) is 16.0 Å². The number of carbonyl (C=O) groups excluding carboxylic acids is 1. The fourth-order valence-corrected chi connectivity index (χ4v) is 3.28. The van der Waals surface area contributed by atoms with Crippen molar-refractivity contribution >= 4 is 17.4 Å². The molecule has 2 N–H and O–H groups in total. The summed E-state index contributed by atoms with van der Waals surface area (Å²) in [6, 6.07) is 13.3. The van der Waals surface area contributed by atoms with Crippen LogP contribution in [0, 0.1) is 17.2 Å². The van der Waals surface area contributed by atoms with E-state index in [1.54, 1.807) is 31.6 Å². The summed E-state index contributed by atoms with van der Waals surface area (Å²) in [5.41, 5.74) is 3.50. The lowest BCUT2D eigenvalue weighted by Gasteiger charge is -2.10. The monoisotopic (exact) mass is 428 g/mol. The quantitative estimate of drug-likeness (QED) is 0.502. The molecule has 1 aliphatic rings. The maximum absolute atomic E-state index is 12.1. The number of rotatable bonds is 9. The standard InChI is InChI=1S/C24H24N6O2/c1-32-11-10-28-22-12-16(6-8-26-22)13-23-27-9-7-21(29-23)18-4-5-20(19(14-18)15-25)30-24(31)17-2-3-17/h4-9,12,14,17H,2-3,10-11,13H2,1H3,(H,26,28)(H,30,31). The van der Waals surface area contributed by atoms with Crippen LogP contribution in [-0.4, -0.2) is 41.1 Å². The predicted molar refractivity (Wildman–Crippen MR) is 121 cm³/mol. The van der Waals surface area contributed by atoms with Gasteiger partial charge in [0, 0.05) is 44.0 Å². The second-order valence-electron chi connectivity index (χ2n) is 7.64. The van der Waals surface area contributed by atoms with Crippen LogP contribution in [0.15, 0.2) is 48.8 Å². The van der Waals surface area contributed by atoms with Crippen LogP contribution in [0.3, 0.4) is 0 Å². The van der Waals surface area contributed by atoms with Gasteiger partial charge in [0.05, 0.1) is 23.6 Å². The zero-order valence-corrected chi connectivity index (χ0v) is 17.8. The number of pyridine rings is 1. The number of hydrogen-bond acceptors (Lipinski definition) is 7. The van der Waals surface area contributed by atoms with Crippen LogP contribution in [0.1, 0.15) is 29.8 Å². The van der Waals surface area contributed by atoms with Crippen molar-refractivity contribution < 1.29 is 9.53 Å². The number of methoxy groups -OCH3 is 1. The Morgan fingerprint density at radius 2 is 2.03 bits per heavy atom. The van der Waals surface area contributed by atoms with E-state index in [2.05, 4.69) is 31.7 Å². The van der Waals surface area contributed by atoms with E-state index in [9.17, 15) is 10.1 Å². The minimum absolute atomic E-state index is 0.0213. The molecule has 0 aliphatic heterocycles. The maximum Gasteiger partial charge on any atom is 0.227 e. The molecular formula is C24H24N6O2. The highest BCUT2D eigenvalue weighted by atomic mass is 16.5. The lowest BCUT2D eigenvalue weighted by Crippen LogP contribution is -2.14. The second kappa shape index (κ2) is 9.98. The highest BCUT2D eigenvalue weighted by Gasteiger charge is 2.30. The Kier molecular flexibility index (Phi) is 6.68. The van der Waals surface area contributed by atoms with Crippen molar-refractivity contribution in [2.75, 3.05) is 30.9 Å². The molecule has 0 atom stereocenters. The summed E-state index contributed by atoms with van der Waals surface area (Å²) in [7, 11) is 1.66. The molecule has 0 spiro atoms. The average molecular weight is 428 g/mol. The predicted octanol–water partition coefficient (Wildman–Crippen LogP) is 3.41. The molecule has 0 unspecified atom stereocenters. The maximum atomic E-state index is 12.1. The highest BCUT2D eigenvalue weighted by Crippen LogP contribution is 2.31. The van der Waals surface area contributed by atoms with Gasteiger partial charge >= 0.3 is 0 Å². The first kappa shape index (κ1) is 21.4. The Morgan fingerprint density at radius 1 is 1.19 bits per heavy atom. The first-order valence-corrected chi connectivity index (χ1v) is 10.5. The summed E-state index contributed by atoms with van der Waals surface area (Å²) in [6.45, 7) is 1.28.